The van der Waals surface area contributed by atoms with Crippen molar-refractivity contribution in [1.82, 2.24) is 20.1 Å². The summed E-state index contributed by atoms with van der Waals surface area (Å²) in [4.78, 5) is 4.41. The van der Waals surface area contributed by atoms with Gasteiger partial charge in [0.05, 0.1) is 0 Å². The number of benzene rings is 1. The highest BCUT2D eigenvalue weighted by Crippen LogP contribution is 2.27. The molecule has 2 rings (SSSR count). The molecule has 114 valence electrons. The summed E-state index contributed by atoms with van der Waals surface area (Å²) in [5, 5.41) is 7.90. The number of nitrogens with zero attached hydrogens (tertiary/aromatic N) is 3. The fourth-order valence-electron chi connectivity index (χ4n) is 2.29. The van der Waals surface area contributed by atoms with Crippen LogP contribution in [0.3, 0.4) is 0 Å². The van der Waals surface area contributed by atoms with Crippen LogP contribution in [-0.2, 0) is 13.0 Å². The molecular formula is C15H20BrIN4. The maximum Gasteiger partial charge on any atom is 0.138 e. The fraction of sp³-hybridized carbons (Fsp3) is 0.467. The zero-order chi connectivity index (χ0) is 15.2. The molecule has 1 N–H and O–H groups in total. The van der Waals surface area contributed by atoms with Gasteiger partial charge in [0, 0.05) is 27.1 Å². The van der Waals surface area contributed by atoms with Crippen LogP contribution < -0.4 is 5.32 Å². The first-order chi connectivity index (χ1) is 10.2. The Kier molecular flexibility index (Phi) is 6.63. The van der Waals surface area contributed by atoms with Crippen LogP contribution in [0.5, 0.6) is 0 Å². The van der Waals surface area contributed by atoms with Crippen LogP contribution in [0, 0.1) is 3.57 Å². The Balaban J connectivity index is 2.27. The molecule has 0 saturated heterocycles. The van der Waals surface area contributed by atoms with Crippen LogP contribution in [0.1, 0.15) is 37.7 Å². The lowest BCUT2D eigenvalue weighted by Gasteiger charge is -2.20. The van der Waals surface area contributed by atoms with Gasteiger partial charge in [-0.1, -0.05) is 22.9 Å². The van der Waals surface area contributed by atoms with Crippen LogP contribution in [0.2, 0.25) is 0 Å². The van der Waals surface area contributed by atoms with Crippen LogP contribution in [0.15, 0.2) is 29.0 Å². The van der Waals surface area contributed by atoms with Crippen LogP contribution in [0.25, 0.3) is 0 Å². The summed E-state index contributed by atoms with van der Waals surface area (Å²) in [6.45, 7) is 6.11. The van der Waals surface area contributed by atoms with E-state index < -0.39 is 0 Å². The third kappa shape index (κ3) is 4.50. The third-order valence-electron chi connectivity index (χ3n) is 3.36. The molecule has 2 aromatic rings. The van der Waals surface area contributed by atoms with Gasteiger partial charge in [0.1, 0.15) is 12.2 Å². The second kappa shape index (κ2) is 8.24. The molecule has 0 aliphatic rings. The van der Waals surface area contributed by atoms with Gasteiger partial charge in [0.15, 0.2) is 0 Å². The monoisotopic (exact) mass is 462 g/mol. The summed E-state index contributed by atoms with van der Waals surface area (Å²) in [5.41, 5.74) is 1.28. The topological polar surface area (TPSA) is 42.7 Å². The molecule has 4 nitrogen and oxygen atoms in total. The van der Waals surface area contributed by atoms with E-state index in [0.717, 1.165) is 36.2 Å². The van der Waals surface area contributed by atoms with E-state index in [1.165, 1.54) is 9.13 Å². The van der Waals surface area contributed by atoms with E-state index in [-0.39, 0.29) is 6.04 Å². The Bertz CT molecular complexity index is 585. The smallest absolute Gasteiger partial charge is 0.138 e. The predicted octanol–water partition coefficient (Wildman–Crippen LogP) is 3.95. The van der Waals surface area contributed by atoms with Gasteiger partial charge in [-0.3, -0.25) is 4.68 Å². The maximum atomic E-state index is 4.41. The normalized spacial score (nSPS) is 12.6. The second-order valence-electron chi connectivity index (χ2n) is 4.87. The zero-order valence-electron chi connectivity index (χ0n) is 12.3. The highest BCUT2D eigenvalue weighted by molar-refractivity contribution is 14.1. The van der Waals surface area contributed by atoms with E-state index >= 15 is 0 Å². The standard InChI is InChI=1S/C15H20BrIN4/c1-3-7-18-14(9-15-19-10-20-21(15)4-2)12-8-11(17)5-6-13(12)16/h5-6,8,10,14,18H,3-4,7,9H2,1-2H3. The quantitative estimate of drug-likeness (QED) is 0.633. The Labute approximate surface area is 148 Å². The van der Waals surface area contributed by atoms with Crippen LogP contribution >= 0.6 is 38.5 Å². The first-order valence-electron chi connectivity index (χ1n) is 7.20. The molecule has 0 aliphatic carbocycles. The van der Waals surface area contributed by atoms with E-state index in [4.69, 9.17) is 0 Å². The Morgan fingerprint density at radius 3 is 2.90 bits per heavy atom. The number of aromatic nitrogens is 3. The first kappa shape index (κ1) is 16.9. The summed E-state index contributed by atoms with van der Waals surface area (Å²) in [6.07, 6.45) is 3.59. The van der Waals surface area contributed by atoms with Crippen molar-refractivity contribution in [3.8, 4) is 0 Å². The molecule has 21 heavy (non-hydrogen) atoms. The van der Waals surface area contributed by atoms with Crippen molar-refractivity contribution in [3.05, 3.63) is 44.0 Å². The molecule has 0 bridgehead atoms. The molecule has 1 atom stereocenters. The van der Waals surface area contributed by atoms with Crippen molar-refractivity contribution in [2.45, 2.75) is 39.3 Å². The van der Waals surface area contributed by atoms with Gasteiger partial charge in [0.25, 0.3) is 0 Å². The van der Waals surface area contributed by atoms with Gasteiger partial charge in [0.2, 0.25) is 0 Å². The number of hydrogen-bond acceptors (Lipinski definition) is 3. The molecule has 1 heterocycles. The van der Waals surface area contributed by atoms with Crippen molar-refractivity contribution in [2.24, 2.45) is 0 Å². The average molecular weight is 463 g/mol. The minimum absolute atomic E-state index is 0.239. The molecule has 0 fully saturated rings. The van der Waals surface area contributed by atoms with Crippen LogP contribution in [-0.4, -0.2) is 21.3 Å². The van der Waals surface area contributed by atoms with Crippen molar-refractivity contribution >= 4 is 38.5 Å². The Morgan fingerprint density at radius 1 is 1.38 bits per heavy atom. The summed E-state index contributed by atoms with van der Waals surface area (Å²) in [5.74, 6) is 1.02. The number of halogens is 2. The first-order valence-corrected chi connectivity index (χ1v) is 9.07. The molecule has 0 amide bonds. The number of aryl methyl sites for hydroxylation is 1. The fourth-order valence-corrected chi connectivity index (χ4v) is 3.32. The molecule has 1 aromatic heterocycles. The zero-order valence-corrected chi connectivity index (χ0v) is 16.1. The lowest BCUT2D eigenvalue weighted by Crippen LogP contribution is -2.26. The maximum absolute atomic E-state index is 4.41. The Hall–Kier alpha value is -0.470. The molecule has 0 aliphatic heterocycles. The number of rotatable bonds is 7. The van der Waals surface area contributed by atoms with Crippen molar-refractivity contribution < 1.29 is 0 Å². The van der Waals surface area contributed by atoms with E-state index in [2.05, 4.69) is 86.0 Å². The van der Waals surface area contributed by atoms with Gasteiger partial charge < -0.3 is 5.32 Å². The SMILES string of the molecule is CCCNC(Cc1ncnn1CC)c1cc(I)ccc1Br. The minimum Gasteiger partial charge on any atom is -0.310 e. The summed E-state index contributed by atoms with van der Waals surface area (Å²) in [6, 6.07) is 6.69. The van der Waals surface area contributed by atoms with Gasteiger partial charge in [-0.25, -0.2) is 4.98 Å². The third-order valence-corrected chi connectivity index (χ3v) is 4.75. The largest absolute Gasteiger partial charge is 0.310 e. The lowest BCUT2D eigenvalue weighted by molar-refractivity contribution is 0.495. The second-order valence-corrected chi connectivity index (χ2v) is 6.97. The molecule has 6 heteroatoms. The minimum atomic E-state index is 0.239. The van der Waals surface area contributed by atoms with Crippen molar-refractivity contribution in [3.63, 3.8) is 0 Å². The molecule has 0 saturated carbocycles. The lowest BCUT2D eigenvalue weighted by atomic mass is 10.0. The molecule has 1 aromatic carbocycles. The van der Waals surface area contributed by atoms with Gasteiger partial charge in [-0.2, -0.15) is 5.10 Å². The molecule has 0 spiro atoms. The number of hydrogen-bond donors (Lipinski definition) is 1. The molecular weight excluding hydrogens is 443 g/mol. The molecule has 0 radical (unpaired) electrons. The molecule has 1 unspecified atom stereocenters. The predicted molar refractivity (Wildman–Crippen MR) is 97.3 cm³/mol. The average Bonchev–Trinajstić information content (AvgIpc) is 2.93. The van der Waals surface area contributed by atoms with Gasteiger partial charge in [-0.15, -0.1) is 0 Å². The van der Waals surface area contributed by atoms with E-state index in [0.29, 0.717) is 0 Å². The van der Waals surface area contributed by atoms with Gasteiger partial charge in [-0.05, 0) is 66.2 Å². The van der Waals surface area contributed by atoms with Crippen molar-refractivity contribution in [2.75, 3.05) is 6.54 Å². The van der Waals surface area contributed by atoms with E-state index in [1.807, 2.05) is 4.68 Å². The number of nitrogens with one attached hydrogen (secondary N) is 1. The summed E-state index contributed by atoms with van der Waals surface area (Å²) < 4.78 is 4.34. The van der Waals surface area contributed by atoms with Crippen molar-refractivity contribution in [1.29, 1.82) is 0 Å². The van der Waals surface area contributed by atoms with Gasteiger partial charge >= 0.3 is 0 Å². The highest BCUT2D eigenvalue weighted by Gasteiger charge is 2.17. The summed E-state index contributed by atoms with van der Waals surface area (Å²) >= 11 is 6.03. The summed E-state index contributed by atoms with van der Waals surface area (Å²) in [7, 11) is 0. The van der Waals surface area contributed by atoms with Crippen LogP contribution in [0.4, 0.5) is 0 Å². The van der Waals surface area contributed by atoms with E-state index in [1.54, 1.807) is 6.33 Å². The van der Waals surface area contributed by atoms with E-state index in [9.17, 15) is 0 Å². The Morgan fingerprint density at radius 2 is 2.19 bits per heavy atom. The highest BCUT2D eigenvalue weighted by atomic mass is 127.